The number of methoxy groups -OCH3 is 1. The number of amides is 3. The Morgan fingerprint density at radius 1 is 0.970 bits per heavy atom. The van der Waals surface area contributed by atoms with Crippen LogP contribution in [0.3, 0.4) is 0 Å². The molecule has 1 aliphatic heterocycles. The Kier molecular flexibility index (Phi) is 5.14. The lowest BCUT2D eigenvalue weighted by atomic mass is 10.0. The summed E-state index contributed by atoms with van der Waals surface area (Å²) in [5.41, 5.74) is 3.12. The van der Waals surface area contributed by atoms with Crippen molar-refractivity contribution < 1.29 is 19.1 Å². The van der Waals surface area contributed by atoms with Gasteiger partial charge in [0, 0.05) is 29.2 Å². The van der Waals surface area contributed by atoms with Gasteiger partial charge in [0.25, 0.3) is 5.91 Å². The van der Waals surface area contributed by atoms with E-state index in [0.29, 0.717) is 6.54 Å². The van der Waals surface area contributed by atoms with Crippen LogP contribution in [0.4, 0.5) is 4.79 Å². The molecule has 1 fully saturated rings. The first kappa shape index (κ1) is 20.5. The number of hydrogen-bond donors (Lipinski definition) is 1. The molecule has 0 bridgehead atoms. The molecule has 0 aliphatic carbocycles. The smallest absolute Gasteiger partial charge is 0.329 e. The van der Waals surface area contributed by atoms with Crippen molar-refractivity contribution in [2.75, 3.05) is 13.7 Å². The highest BCUT2D eigenvalue weighted by Gasteiger charge is 2.35. The Morgan fingerprint density at radius 2 is 1.70 bits per heavy atom. The van der Waals surface area contributed by atoms with Crippen LogP contribution in [0, 0.1) is 0 Å². The highest BCUT2D eigenvalue weighted by Crippen LogP contribution is 2.27. The molecule has 3 amide bonds. The lowest BCUT2D eigenvalue weighted by Crippen LogP contribution is -2.36. The van der Waals surface area contributed by atoms with E-state index in [2.05, 4.69) is 45.0 Å². The number of ether oxygens (including phenoxy) is 1. The molecule has 0 spiro atoms. The summed E-state index contributed by atoms with van der Waals surface area (Å²) in [4.78, 5) is 37.3. The first-order valence-electron chi connectivity index (χ1n) is 10.5. The predicted molar refractivity (Wildman–Crippen MR) is 125 cm³/mol. The Morgan fingerprint density at radius 3 is 2.52 bits per heavy atom. The number of benzene rings is 3. The molecular formula is C26H21N3O4. The largest absolute Gasteiger partial charge is 0.468 e. The van der Waals surface area contributed by atoms with Crippen molar-refractivity contribution in [3.8, 4) is 0 Å². The third-order valence-corrected chi connectivity index (χ3v) is 5.82. The fourth-order valence-electron chi connectivity index (χ4n) is 4.20. The molecule has 3 aromatic carbocycles. The monoisotopic (exact) mass is 439 g/mol. The van der Waals surface area contributed by atoms with E-state index in [1.54, 1.807) is 6.08 Å². The summed E-state index contributed by atoms with van der Waals surface area (Å²) >= 11 is 0. The molecule has 0 radical (unpaired) electrons. The predicted octanol–water partition coefficient (Wildman–Crippen LogP) is 3.91. The quantitative estimate of drug-likeness (QED) is 0.291. The number of nitrogens with one attached hydrogen (secondary N) is 1. The number of para-hydroxylation sites is 1. The summed E-state index contributed by atoms with van der Waals surface area (Å²) < 4.78 is 6.71. The Balaban J connectivity index is 1.53. The molecule has 7 heteroatoms. The van der Waals surface area contributed by atoms with Crippen LogP contribution in [-0.4, -0.2) is 41.0 Å². The second kappa shape index (κ2) is 8.27. The van der Waals surface area contributed by atoms with E-state index in [1.807, 2.05) is 42.6 Å². The average Bonchev–Trinajstić information content (AvgIpc) is 3.31. The van der Waals surface area contributed by atoms with Crippen molar-refractivity contribution >= 4 is 45.7 Å². The molecule has 0 atom stereocenters. The number of esters is 1. The van der Waals surface area contributed by atoms with Crippen LogP contribution >= 0.6 is 0 Å². The number of carbonyl (C=O) groups excluding carboxylic acids is 3. The maximum Gasteiger partial charge on any atom is 0.329 e. The highest BCUT2D eigenvalue weighted by molar-refractivity contribution is 6.15. The minimum Gasteiger partial charge on any atom is -0.468 e. The van der Waals surface area contributed by atoms with E-state index in [-0.39, 0.29) is 5.70 Å². The standard InChI is InChI=1S/C26H21N3O4/c1-33-24(30)16-29-25(31)22(27-26(29)32)13-19-15-28(23-12-5-4-11-21(19)23)14-18-9-6-8-17-7-2-3-10-20(17)18/h2-13,15H,14,16H2,1H3,(H,27,32)/b22-13+. The van der Waals surface area contributed by atoms with Gasteiger partial charge in [-0.2, -0.15) is 0 Å². The summed E-state index contributed by atoms with van der Waals surface area (Å²) in [5, 5.41) is 5.89. The van der Waals surface area contributed by atoms with Crippen LogP contribution in [0.15, 0.2) is 78.6 Å². The zero-order chi connectivity index (χ0) is 22.9. The van der Waals surface area contributed by atoms with Gasteiger partial charge >= 0.3 is 12.0 Å². The van der Waals surface area contributed by atoms with Gasteiger partial charge in [0.1, 0.15) is 12.2 Å². The first-order chi connectivity index (χ1) is 16.0. The molecule has 0 unspecified atom stereocenters. The van der Waals surface area contributed by atoms with Crippen LogP contribution in [0.1, 0.15) is 11.1 Å². The average molecular weight is 439 g/mol. The SMILES string of the molecule is COC(=O)CN1C(=O)N/C(=C/c2cn(Cc3cccc4ccccc34)c3ccccc23)C1=O. The molecule has 1 N–H and O–H groups in total. The number of fused-ring (bicyclic) bond motifs is 2. The molecule has 4 aromatic rings. The number of nitrogens with zero attached hydrogens (tertiary/aromatic N) is 2. The minimum atomic E-state index is -0.661. The van der Waals surface area contributed by atoms with Crippen molar-refractivity contribution in [3.05, 3.63) is 89.8 Å². The van der Waals surface area contributed by atoms with Gasteiger partial charge in [0.05, 0.1) is 7.11 Å². The molecule has 0 saturated carbocycles. The van der Waals surface area contributed by atoms with Crippen molar-refractivity contribution in [1.82, 2.24) is 14.8 Å². The van der Waals surface area contributed by atoms with Gasteiger partial charge in [-0.15, -0.1) is 0 Å². The van der Waals surface area contributed by atoms with Gasteiger partial charge in [-0.25, -0.2) is 9.69 Å². The van der Waals surface area contributed by atoms with E-state index in [9.17, 15) is 14.4 Å². The molecule has 164 valence electrons. The lowest BCUT2D eigenvalue weighted by molar-refractivity contribution is -0.143. The van der Waals surface area contributed by atoms with Gasteiger partial charge in [-0.3, -0.25) is 9.59 Å². The summed E-state index contributed by atoms with van der Waals surface area (Å²) in [6.45, 7) is 0.223. The van der Waals surface area contributed by atoms with Crippen LogP contribution in [0.25, 0.3) is 27.8 Å². The summed E-state index contributed by atoms with van der Waals surface area (Å²) in [6.07, 6.45) is 3.63. The molecule has 7 nitrogen and oxygen atoms in total. The Bertz CT molecular complexity index is 1450. The van der Waals surface area contributed by atoms with Crippen molar-refractivity contribution in [2.24, 2.45) is 0 Å². The molecule has 33 heavy (non-hydrogen) atoms. The van der Waals surface area contributed by atoms with Gasteiger partial charge in [-0.1, -0.05) is 60.7 Å². The number of rotatable bonds is 5. The van der Waals surface area contributed by atoms with Crippen LogP contribution < -0.4 is 5.32 Å². The zero-order valence-corrected chi connectivity index (χ0v) is 17.9. The summed E-state index contributed by atoms with van der Waals surface area (Å²) in [6, 6.07) is 21.8. The van der Waals surface area contributed by atoms with Crippen molar-refractivity contribution in [2.45, 2.75) is 6.54 Å². The molecule has 1 aromatic heterocycles. The van der Waals surface area contributed by atoms with E-state index >= 15 is 0 Å². The van der Waals surface area contributed by atoms with Crippen LogP contribution in [-0.2, 0) is 20.9 Å². The van der Waals surface area contributed by atoms with Gasteiger partial charge in [-0.05, 0) is 28.5 Å². The van der Waals surface area contributed by atoms with E-state index in [0.717, 1.165) is 21.4 Å². The number of hydrogen-bond acceptors (Lipinski definition) is 4. The van der Waals surface area contributed by atoms with E-state index in [4.69, 9.17) is 0 Å². The molecule has 1 saturated heterocycles. The van der Waals surface area contributed by atoms with Crippen molar-refractivity contribution in [3.63, 3.8) is 0 Å². The number of aromatic nitrogens is 1. The third kappa shape index (κ3) is 3.74. The van der Waals surface area contributed by atoms with E-state index in [1.165, 1.54) is 23.4 Å². The summed E-state index contributed by atoms with van der Waals surface area (Å²) in [5.74, 6) is -1.22. The normalized spacial score (nSPS) is 14.9. The highest BCUT2D eigenvalue weighted by atomic mass is 16.5. The van der Waals surface area contributed by atoms with Crippen LogP contribution in [0.2, 0.25) is 0 Å². The second-order valence-electron chi connectivity index (χ2n) is 7.82. The first-order valence-corrected chi connectivity index (χ1v) is 10.5. The fourth-order valence-corrected chi connectivity index (χ4v) is 4.20. The summed E-state index contributed by atoms with van der Waals surface area (Å²) in [7, 11) is 1.21. The lowest BCUT2D eigenvalue weighted by Gasteiger charge is -2.09. The number of imide groups is 1. The van der Waals surface area contributed by atoms with Gasteiger partial charge in [0.2, 0.25) is 0 Å². The van der Waals surface area contributed by atoms with Gasteiger partial charge < -0.3 is 14.6 Å². The minimum absolute atomic E-state index is 0.122. The Labute approximate surface area is 189 Å². The molecule has 5 rings (SSSR count). The topological polar surface area (TPSA) is 80.6 Å². The molecule has 2 heterocycles. The van der Waals surface area contributed by atoms with Crippen LogP contribution in [0.5, 0.6) is 0 Å². The Hall–Kier alpha value is -4.39. The fraction of sp³-hybridized carbons (Fsp3) is 0.115. The number of carbonyl (C=O) groups is 3. The van der Waals surface area contributed by atoms with E-state index < -0.39 is 24.5 Å². The third-order valence-electron chi connectivity index (χ3n) is 5.82. The number of urea groups is 1. The zero-order valence-electron chi connectivity index (χ0n) is 17.9. The maximum absolute atomic E-state index is 12.7. The second-order valence-corrected chi connectivity index (χ2v) is 7.82. The maximum atomic E-state index is 12.7. The molecule has 1 aliphatic rings. The molecular weight excluding hydrogens is 418 g/mol. The van der Waals surface area contributed by atoms with Gasteiger partial charge in [0.15, 0.2) is 0 Å². The van der Waals surface area contributed by atoms with Crippen molar-refractivity contribution in [1.29, 1.82) is 0 Å².